The number of carboxylic acids is 1. The summed E-state index contributed by atoms with van der Waals surface area (Å²) in [5.41, 5.74) is 3.27. The summed E-state index contributed by atoms with van der Waals surface area (Å²) < 4.78 is 32.2. The van der Waals surface area contributed by atoms with Crippen molar-refractivity contribution in [3.05, 3.63) is 33.6 Å². The van der Waals surface area contributed by atoms with Crippen LogP contribution in [0.3, 0.4) is 0 Å². The van der Waals surface area contributed by atoms with E-state index in [0.717, 1.165) is 6.20 Å². The second-order valence-corrected chi connectivity index (χ2v) is 7.79. The number of nitrogens with two attached hydrogens (primary N) is 1. The molecular formula is C19H21AgF2N4O3. The number of piperazine rings is 1. The molecular weight excluding hydrogens is 478 g/mol. The maximum Gasteiger partial charge on any atom is 1.00 e. The largest absolute Gasteiger partial charge is 1.00 e. The summed E-state index contributed by atoms with van der Waals surface area (Å²) in [5, 5.41) is 14.2. The summed E-state index contributed by atoms with van der Waals surface area (Å²) in [4.78, 5) is 25.6. The summed E-state index contributed by atoms with van der Waals surface area (Å²) in [6.07, 6.45) is 2.50. The van der Waals surface area contributed by atoms with Crippen LogP contribution in [0.2, 0.25) is 0 Å². The molecule has 1 aromatic heterocycles. The molecule has 1 aliphatic carbocycles. The number of nitrogens with one attached hydrogen (secondary N) is 1. The van der Waals surface area contributed by atoms with Crippen LogP contribution in [-0.2, 0) is 22.4 Å². The number of benzene rings is 1. The van der Waals surface area contributed by atoms with Crippen molar-refractivity contribution < 1.29 is 41.1 Å². The molecule has 7 nitrogen and oxygen atoms in total. The molecule has 0 radical (unpaired) electrons. The topological polar surface area (TPSA) is 103 Å². The third-order valence-electron chi connectivity index (χ3n) is 5.40. The van der Waals surface area contributed by atoms with Gasteiger partial charge in [-0.05, 0) is 26.7 Å². The standard InChI is InChI=1S/C19H22F2N4O3.Ag/c1-8-5-24(6-9(2)23-8)17-13(20)15(22)12-16(14(17)21)25(10-3-4-10)7-11(18(12)26)19(27)28;/h7-10,23H,3-6,22H2,1-2H3,(H,27,28);/q;+1/p-1/t8-,9+;. The number of nitrogens with zero attached hydrogens (tertiary/aromatic N) is 2. The Morgan fingerprint density at radius 3 is 2.31 bits per heavy atom. The number of anilines is 2. The van der Waals surface area contributed by atoms with Gasteiger partial charge >= 0.3 is 22.4 Å². The fraction of sp³-hybridized carbons (Fsp3) is 0.474. The van der Waals surface area contributed by atoms with Gasteiger partial charge in [0.2, 0.25) is 5.43 Å². The first-order chi connectivity index (χ1) is 13.2. The van der Waals surface area contributed by atoms with Crippen LogP contribution in [0, 0.1) is 11.6 Å². The smallest absolute Gasteiger partial charge is 0.545 e. The van der Waals surface area contributed by atoms with Crippen LogP contribution in [0.15, 0.2) is 11.0 Å². The fourth-order valence-electron chi connectivity index (χ4n) is 4.13. The second-order valence-electron chi connectivity index (χ2n) is 7.79. The molecule has 2 atom stereocenters. The molecule has 0 spiro atoms. The minimum Gasteiger partial charge on any atom is -0.545 e. The van der Waals surface area contributed by atoms with Gasteiger partial charge in [0.05, 0.1) is 28.1 Å². The van der Waals surface area contributed by atoms with Gasteiger partial charge in [0.1, 0.15) is 5.69 Å². The number of aromatic carboxylic acids is 1. The zero-order valence-corrected chi connectivity index (χ0v) is 17.4. The summed E-state index contributed by atoms with van der Waals surface area (Å²) in [7, 11) is 0. The Kier molecular flexibility index (Phi) is 5.79. The maximum absolute atomic E-state index is 15.6. The van der Waals surface area contributed by atoms with Gasteiger partial charge in [-0.2, -0.15) is 0 Å². The molecule has 2 fully saturated rings. The molecule has 0 amide bonds. The Morgan fingerprint density at radius 2 is 1.79 bits per heavy atom. The van der Waals surface area contributed by atoms with Crippen molar-refractivity contribution in [2.45, 2.75) is 44.8 Å². The number of pyridine rings is 1. The first kappa shape index (κ1) is 21.8. The first-order valence-electron chi connectivity index (χ1n) is 9.28. The van der Waals surface area contributed by atoms with Crippen LogP contribution in [0.4, 0.5) is 20.2 Å². The van der Waals surface area contributed by atoms with E-state index in [-0.39, 0.29) is 51.7 Å². The van der Waals surface area contributed by atoms with Crippen molar-refractivity contribution in [1.29, 1.82) is 0 Å². The molecule has 1 aromatic carbocycles. The van der Waals surface area contributed by atoms with E-state index in [9.17, 15) is 14.7 Å². The monoisotopic (exact) mass is 498 g/mol. The number of aromatic nitrogens is 1. The van der Waals surface area contributed by atoms with E-state index in [1.165, 1.54) is 4.57 Å². The van der Waals surface area contributed by atoms with Crippen molar-refractivity contribution >= 4 is 28.2 Å². The molecule has 2 heterocycles. The number of hydrogen-bond donors (Lipinski definition) is 2. The third-order valence-corrected chi connectivity index (χ3v) is 5.40. The zero-order valence-electron chi connectivity index (χ0n) is 15.9. The predicted octanol–water partition coefficient (Wildman–Crippen LogP) is 0.744. The molecule has 1 saturated heterocycles. The number of carbonyl (C=O) groups excluding carboxylic acids is 1. The van der Waals surface area contributed by atoms with Crippen molar-refractivity contribution in [3.63, 3.8) is 0 Å². The van der Waals surface area contributed by atoms with Crippen LogP contribution in [0.1, 0.15) is 43.1 Å². The molecule has 3 N–H and O–H groups in total. The Hall–Kier alpha value is -1.94. The number of hydrogen-bond acceptors (Lipinski definition) is 6. The van der Waals surface area contributed by atoms with Crippen LogP contribution in [0.5, 0.6) is 0 Å². The van der Waals surface area contributed by atoms with Crippen LogP contribution in [-0.4, -0.2) is 35.7 Å². The average Bonchev–Trinajstić information content (AvgIpc) is 3.43. The van der Waals surface area contributed by atoms with Gasteiger partial charge in [-0.15, -0.1) is 0 Å². The summed E-state index contributed by atoms with van der Waals surface area (Å²) in [5.74, 6) is -3.63. The van der Waals surface area contributed by atoms with Crippen LogP contribution in [0.25, 0.3) is 10.9 Å². The van der Waals surface area contributed by atoms with E-state index in [0.29, 0.717) is 25.9 Å². The van der Waals surface area contributed by atoms with Crippen LogP contribution >= 0.6 is 0 Å². The van der Waals surface area contributed by atoms with Gasteiger partial charge in [-0.3, -0.25) is 4.79 Å². The maximum atomic E-state index is 15.6. The van der Waals surface area contributed by atoms with Crippen molar-refractivity contribution in [1.82, 2.24) is 9.88 Å². The number of carboxylic acid groups (broad SMARTS) is 1. The van der Waals surface area contributed by atoms with Gasteiger partial charge in [0.25, 0.3) is 0 Å². The Morgan fingerprint density at radius 1 is 1.21 bits per heavy atom. The molecule has 2 aromatic rings. The minimum absolute atomic E-state index is 0. The summed E-state index contributed by atoms with van der Waals surface area (Å²) in [6.45, 7) is 4.56. The number of halogens is 2. The SMILES string of the molecule is C[C@@H]1CN(c2c(F)c(N)c3c(=O)c(C(=O)[O-])cn(C4CC4)c3c2F)C[C@H](C)N1.[Ag+]. The van der Waals surface area contributed by atoms with Gasteiger partial charge in [-0.25, -0.2) is 8.78 Å². The van der Waals surface area contributed by atoms with Gasteiger partial charge < -0.3 is 30.4 Å². The van der Waals surface area contributed by atoms with Crippen molar-refractivity contribution in [2.24, 2.45) is 0 Å². The van der Waals surface area contributed by atoms with E-state index >= 15 is 8.78 Å². The number of nitrogen functional groups attached to an aromatic ring is 1. The summed E-state index contributed by atoms with van der Waals surface area (Å²) in [6, 6.07) is -0.148. The Labute approximate surface area is 181 Å². The zero-order chi connectivity index (χ0) is 20.3. The predicted molar refractivity (Wildman–Crippen MR) is 99.4 cm³/mol. The third kappa shape index (κ3) is 3.56. The van der Waals surface area contributed by atoms with Gasteiger partial charge in [0.15, 0.2) is 11.6 Å². The average molecular weight is 499 g/mol. The van der Waals surface area contributed by atoms with E-state index in [1.807, 2.05) is 13.8 Å². The van der Waals surface area contributed by atoms with Crippen LogP contribution < -0.4 is 26.5 Å². The van der Waals surface area contributed by atoms with E-state index in [2.05, 4.69) is 5.32 Å². The van der Waals surface area contributed by atoms with E-state index < -0.39 is 39.7 Å². The second kappa shape index (κ2) is 7.71. The molecule has 1 saturated carbocycles. The normalized spacial score (nSPS) is 21.9. The quantitative estimate of drug-likeness (QED) is 0.478. The summed E-state index contributed by atoms with van der Waals surface area (Å²) >= 11 is 0. The Balaban J connectivity index is 0.00000240. The molecule has 4 rings (SSSR count). The van der Waals surface area contributed by atoms with Crippen molar-refractivity contribution in [3.8, 4) is 0 Å². The molecule has 0 bridgehead atoms. The molecule has 2 aliphatic rings. The number of carbonyl (C=O) groups is 1. The van der Waals surface area contributed by atoms with Gasteiger partial charge in [-0.1, -0.05) is 0 Å². The fourth-order valence-corrected chi connectivity index (χ4v) is 4.13. The number of fused-ring (bicyclic) bond motifs is 1. The Bertz CT molecular complexity index is 1040. The number of rotatable bonds is 3. The molecule has 1 aliphatic heterocycles. The molecule has 0 unspecified atom stereocenters. The molecule has 29 heavy (non-hydrogen) atoms. The van der Waals surface area contributed by atoms with E-state index in [4.69, 9.17) is 5.73 Å². The molecule has 160 valence electrons. The minimum atomic E-state index is -1.70. The van der Waals surface area contributed by atoms with E-state index in [1.54, 1.807) is 4.90 Å². The van der Waals surface area contributed by atoms with Gasteiger partial charge in [0, 0.05) is 37.4 Å². The van der Waals surface area contributed by atoms with Crippen molar-refractivity contribution in [2.75, 3.05) is 23.7 Å². The molecule has 10 heteroatoms. The first-order valence-corrected chi connectivity index (χ1v) is 9.28.